The lowest BCUT2D eigenvalue weighted by Gasteiger charge is -2.20. The summed E-state index contributed by atoms with van der Waals surface area (Å²) in [5, 5.41) is 13.7. The molecule has 0 saturated carbocycles. The number of sulfonamides is 1. The maximum Gasteiger partial charge on any atom is 0.296 e. The van der Waals surface area contributed by atoms with Crippen molar-refractivity contribution in [2.45, 2.75) is 31.6 Å². The number of hydrogen-bond donors (Lipinski definition) is 1. The van der Waals surface area contributed by atoms with Gasteiger partial charge < -0.3 is 10.1 Å². The highest BCUT2D eigenvalue weighted by atomic mass is 32.2. The summed E-state index contributed by atoms with van der Waals surface area (Å²) in [4.78, 5) is 23.2. The van der Waals surface area contributed by atoms with Crippen LogP contribution >= 0.6 is 0 Å². The number of nitro groups is 1. The van der Waals surface area contributed by atoms with Crippen LogP contribution in [0.3, 0.4) is 0 Å². The molecule has 162 valence electrons. The molecule has 30 heavy (non-hydrogen) atoms. The van der Waals surface area contributed by atoms with Crippen molar-refractivity contribution in [3.05, 3.63) is 58.1 Å². The minimum Gasteiger partial charge on any atom is -0.496 e. The molecule has 0 fully saturated rings. The molecule has 9 nitrogen and oxygen atoms in total. The highest BCUT2D eigenvalue weighted by molar-refractivity contribution is 7.89. The Balaban J connectivity index is 2.23. The molecule has 1 amide bonds. The molecule has 0 aromatic heterocycles. The fraction of sp³-hybridized carbons (Fsp3) is 0.350. The van der Waals surface area contributed by atoms with E-state index in [0.29, 0.717) is 13.1 Å². The molecular formula is C20H25N3O6S. The highest BCUT2D eigenvalue weighted by Gasteiger charge is 2.23. The molecule has 2 aromatic carbocycles. The maximum atomic E-state index is 12.8. The van der Waals surface area contributed by atoms with E-state index < -0.39 is 20.9 Å². The van der Waals surface area contributed by atoms with Crippen LogP contribution in [0.1, 0.15) is 37.0 Å². The van der Waals surface area contributed by atoms with Gasteiger partial charge in [0.05, 0.1) is 23.0 Å². The minimum atomic E-state index is -3.65. The van der Waals surface area contributed by atoms with Gasteiger partial charge in [-0.3, -0.25) is 14.9 Å². The third-order valence-electron chi connectivity index (χ3n) is 4.52. The Kier molecular flexibility index (Phi) is 7.90. The number of nitrogens with one attached hydrogen (secondary N) is 1. The van der Waals surface area contributed by atoms with Gasteiger partial charge in [-0.15, -0.1) is 0 Å². The van der Waals surface area contributed by atoms with Crippen LogP contribution in [0.25, 0.3) is 0 Å². The first kappa shape index (κ1) is 23.3. The van der Waals surface area contributed by atoms with E-state index in [2.05, 4.69) is 5.32 Å². The van der Waals surface area contributed by atoms with Crippen molar-refractivity contribution in [2.75, 3.05) is 25.5 Å². The van der Waals surface area contributed by atoms with Crippen molar-refractivity contribution >= 4 is 27.3 Å². The number of rotatable bonds is 10. The molecule has 0 aliphatic heterocycles. The van der Waals surface area contributed by atoms with E-state index >= 15 is 0 Å². The Morgan fingerprint density at radius 2 is 1.83 bits per heavy atom. The number of methoxy groups -OCH3 is 1. The molecule has 0 spiro atoms. The lowest BCUT2D eigenvalue weighted by molar-refractivity contribution is -0.384. The molecule has 2 aromatic rings. The summed E-state index contributed by atoms with van der Waals surface area (Å²) < 4.78 is 31.9. The topological polar surface area (TPSA) is 119 Å². The van der Waals surface area contributed by atoms with Crippen molar-refractivity contribution in [2.24, 2.45) is 0 Å². The SMILES string of the molecule is CCCCN(CC)S(=O)(=O)c1ccc(C(=O)Nc2ccc(OC)cc2[N+](=O)[O-])cc1. The largest absolute Gasteiger partial charge is 0.496 e. The first-order valence-corrected chi connectivity index (χ1v) is 10.9. The van der Waals surface area contributed by atoms with Gasteiger partial charge in [-0.1, -0.05) is 20.3 Å². The zero-order valence-electron chi connectivity index (χ0n) is 17.1. The second-order valence-electron chi connectivity index (χ2n) is 6.47. The van der Waals surface area contributed by atoms with Gasteiger partial charge in [-0.2, -0.15) is 4.31 Å². The van der Waals surface area contributed by atoms with Gasteiger partial charge in [-0.05, 0) is 42.8 Å². The fourth-order valence-electron chi connectivity index (χ4n) is 2.80. The average Bonchev–Trinajstić information content (AvgIpc) is 2.74. The number of carbonyl (C=O) groups is 1. The Morgan fingerprint density at radius 1 is 1.17 bits per heavy atom. The Labute approximate surface area is 175 Å². The Bertz CT molecular complexity index is 1010. The standard InChI is InChI=1S/C20H25N3O6S/c1-4-6-13-22(5-2)30(27,28)17-10-7-15(8-11-17)20(24)21-18-12-9-16(29-3)14-19(18)23(25)26/h7-12,14H,4-6,13H2,1-3H3,(H,21,24). The first-order valence-electron chi connectivity index (χ1n) is 9.48. The van der Waals surface area contributed by atoms with Crippen LogP contribution in [-0.4, -0.2) is 43.8 Å². The average molecular weight is 436 g/mol. The summed E-state index contributed by atoms with van der Waals surface area (Å²) in [5.41, 5.74) is -0.119. The molecule has 0 saturated heterocycles. The van der Waals surface area contributed by atoms with Crippen LogP contribution in [-0.2, 0) is 10.0 Å². The molecule has 0 heterocycles. The van der Waals surface area contributed by atoms with Crippen molar-refractivity contribution in [3.8, 4) is 5.75 Å². The zero-order chi connectivity index (χ0) is 22.3. The zero-order valence-corrected chi connectivity index (χ0v) is 17.9. The molecule has 0 bridgehead atoms. The van der Waals surface area contributed by atoms with Crippen LogP contribution in [0.4, 0.5) is 11.4 Å². The van der Waals surface area contributed by atoms with Crippen LogP contribution in [0.5, 0.6) is 5.75 Å². The van der Waals surface area contributed by atoms with E-state index in [4.69, 9.17) is 4.74 Å². The first-order chi connectivity index (χ1) is 14.2. The van der Waals surface area contributed by atoms with E-state index in [0.717, 1.165) is 12.8 Å². The highest BCUT2D eigenvalue weighted by Crippen LogP contribution is 2.29. The van der Waals surface area contributed by atoms with Gasteiger partial charge in [0.1, 0.15) is 11.4 Å². The number of carbonyl (C=O) groups excluding carboxylic acids is 1. The third-order valence-corrected chi connectivity index (χ3v) is 6.51. The summed E-state index contributed by atoms with van der Waals surface area (Å²) in [5.74, 6) is -0.302. The number of unbranched alkanes of at least 4 members (excludes halogenated alkanes) is 1. The second kappa shape index (κ2) is 10.2. The fourth-order valence-corrected chi connectivity index (χ4v) is 4.29. The number of amides is 1. The smallest absolute Gasteiger partial charge is 0.296 e. The van der Waals surface area contributed by atoms with Gasteiger partial charge in [0.15, 0.2) is 0 Å². The molecule has 0 aliphatic rings. The van der Waals surface area contributed by atoms with E-state index in [9.17, 15) is 23.3 Å². The number of ether oxygens (including phenoxy) is 1. The second-order valence-corrected chi connectivity index (χ2v) is 8.41. The van der Waals surface area contributed by atoms with Crippen molar-refractivity contribution < 1.29 is 22.9 Å². The number of benzene rings is 2. The van der Waals surface area contributed by atoms with Crippen LogP contribution in [0, 0.1) is 10.1 Å². The lowest BCUT2D eigenvalue weighted by Crippen LogP contribution is -2.31. The summed E-state index contributed by atoms with van der Waals surface area (Å²) in [6.07, 6.45) is 1.64. The molecular weight excluding hydrogens is 410 g/mol. The third kappa shape index (κ3) is 5.33. The maximum absolute atomic E-state index is 12.8. The molecule has 2 rings (SSSR count). The molecule has 0 radical (unpaired) electrons. The molecule has 0 unspecified atom stereocenters. The minimum absolute atomic E-state index is 0.0132. The number of nitro benzene ring substituents is 1. The van der Waals surface area contributed by atoms with E-state index in [1.165, 1.54) is 53.9 Å². The van der Waals surface area contributed by atoms with Gasteiger partial charge in [-0.25, -0.2) is 8.42 Å². The quantitative estimate of drug-likeness (QED) is 0.449. The molecule has 10 heteroatoms. The van der Waals surface area contributed by atoms with E-state index in [1.54, 1.807) is 6.92 Å². The Hall–Kier alpha value is -2.98. The summed E-state index contributed by atoms with van der Waals surface area (Å²) in [7, 11) is -2.27. The van der Waals surface area contributed by atoms with E-state index in [1.807, 2.05) is 6.92 Å². The normalized spacial score (nSPS) is 11.3. The molecule has 0 atom stereocenters. The predicted molar refractivity (Wildman–Crippen MR) is 113 cm³/mol. The van der Waals surface area contributed by atoms with Crippen molar-refractivity contribution in [1.29, 1.82) is 0 Å². The van der Waals surface area contributed by atoms with Gasteiger partial charge >= 0.3 is 0 Å². The monoisotopic (exact) mass is 435 g/mol. The molecule has 1 N–H and O–H groups in total. The van der Waals surface area contributed by atoms with Crippen molar-refractivity contribution in [1.82, 2.24) is 4.31 Å². The lowest BCUT2D eigenvalue weighted by atomic mass is 10.2. The number of hydrogen-bond acceptors (Lipinski definition) is 6. The molecule has 0 aliphatic carbocycles. The van der Waals surface area contributed by atoms with Crippen LogP contribution < -0.4 is 10.1 Å². The summed E-state index contributed by atoms with van der Waals surface area (Å²) in [6.45, 7) is 4.54. The summed E-state index contributed by atoms with van der Waals surface area (Å²) in [6, 6.07) is 9.56. The van der Waals surface area contributed by atoms with Crippen LogP contribution in [0.2, 0.25) is 0 Å². The Morgan fingerprint density at radius 3 is 2.37 bits per heavy atom. The van der Waals surface area contributed by atoms with Gasteiger partial charge in [0.25, 0.3) is 11.6 Å². The predicted octanol–water partition coefficient (Wildman–Crippen LogP) is 3.67. The van der Waals surface area contributed by atoms with Crippen molar-refractivity contribution in [3.63, 3.8) is 0 Å². The number of nitrogens with zero attached hydrogens (tertiary/aromatic N) is 2. The van der Waals surface area contributed by atoms with E-state index in [-0.39, 0.29) is 27.6 Å². The van der Waals surface area contributed by atoms with Gasteiger partial charge in [0, 0.05) is 18.7 Å². The summed E-state index contributed by atoms with van der Waals surface area (Å²) >= 11 is 0. The number of anilines is 1. The van der Waals surface area contributed by atoms with Gasteiger partial charge in [0.2, 0.25) is 10.0 Å². The van der Waals surface area contributed by atoms with Crippen LogP contribution in [0.15, 0.2) is 47.4 Å².